The third kappa shape index (κ3) is 4.13. The number of ether oxygens (including phenoxy) is 2. The number of nitrogens with one attached hydrogen (secondary N) is 1. The van der Waals surface area contributed by atoms with Crippen molar-refractivity contribution in [1.29, 1.82) is 0 Å². The van der Waals surface area contributed by atoms with E-state index in [0.717, 1.165) is 35.5 Å². The first-order valence-corrected chi connectivity index (χ1v) is 11.4. The molecule has 0 bridgehead atoms. The smallest absolute Gasteiger partial charge is 0.331 e. The molecule has 7 nitrogen and oxygen atoms in total. The second-order valence-electron chi connectivity index (χ2n) is 8.40. The van der Waals surface area contributed by atoms with Crippen molar-refractivity contribution < 1.29 is 9.47 Å². The van der Waals surface area contributed by atoms with Gasteiger partial charge in [0.05, 0.1) is 19.8 Å². The first-order valence-electron chi connectivity index (χ1n) is 11.0. The molecule has 0 radical (unpaired) electrons. The molecule has 2 aromatic heterocycles. The van der Waals surface area contributed by atoms with Gasteiger partial charge in [0.15, 0.2) is 17.1 Å². The lowest BCUT2D eigenvalue weighted by Crippen LogP contribution is -2.31. The zero-order chi connectivity index (χ0) is 22.1. The third-order valence-corrected chi connectivity index (χ3v) is 6.33. The van der Waals surface area contributed by atoms with E-state index in [1.165, 1.54) is 12.8 Å². The van der Waals surface area contributed by atoms with Gasteiger partial charge in [-0.2, -0.15) is 0 Å². The highest BCUT2D eigenvalue weighted by molar-refractivity contribution is 7.71. The van der Waals surface area contributed by atoms with Crippen molar-refractivity contribution in [1.82, 2.24) is 19.1 Å². The number of rotatable bonds is 7. The minimum atomic E-state index is -0.157. The lowest BCUT2D eigenvalue weighted by Gasteiger charge is -2.17. The van der Waals surface area contributed by atoms with E-state index in [0.29, 0.717) is 29.1 Å². The SMILES string of the molecule is CCn1c(=S)c2[nH]c(C(C)C)nc2n(Cc2ccc(OC)c(OC3CCCC3)c2)c1=O. The minimum absolute atomic E-state index is 0.157. The molecule has 2 heterocycles. The molecule has 1 aromatic carbocycles. The average molecular weight is 443 g/mol. The Hall–Kier alpha value is -2.61. The number of aromatic nitrogens is 4. The molecule has 1 aliphatic carbocycles. The second kappa shape index (κ2) is 8.86. The van der Waals surface area contributed by atoms with Crippen molar-refractivity contribution in [3.05, 3.63) is 44.7 Å². The summed E-state index contributed by atoms with van der Waals surface area (Å²) >= 11 is 5.58. The van der Waals surface area contributed by atoms with E-state index >= 15 is 0 Å². The number of imidazole rings is 1. The summed E-state index contributed by atoms with van der Waals surface area (Å²) < 4.78 is 15.5. The van der Waals surface area contributed by atoms with Gasteiger partial charge in [-0.25, -0.2) is 9.78 Å². The molecular weight excluding hydrogens is 412 g/mol. The van der Waals surface area contributed by atoms with Gasteiger partial charge in [0, 0.05) is 12.5 Å². The molecule has 0 atom stereocenters. The molecule has 3 aromatic rings. The van der Waals surface area contributed by atoms with E-state index in [4.69, 9.17) is 26.7 Å². The van der Waals surface area contributed by atoms with E-state index in [-0.39, 0.29) is 17.7 Å². The van der Waals surface area contributed by atoms with Crippen LogP contribution in [0.15, 0.2) is 23.0 Å². The number of hydrogen-bond acceptors (Lipinski definition) is 5. The van der Waals surface area contributed by atoms with Gasteiger partial charge in [0.2, 0.25) is 0 Å². The Bertz CT molecular complexity index is 1200. The number of aromatic amines is 1. The molecule has 8 heteroatoms. The van der Waals surface area contributed by atoms with Crippen LogP contribution in [0.25, 0.3) is 11.2 Å². The van der Waals surface area contributed by atoms with Gasteiger partial charge in [-0.1, -0.05) is 32.1 Å². The standard InChI is InChI=1S/C23H30N4O3S/c1-5-26-22(31)19-21(25-20(24-19)14(2)3)27(23(26)28)13-15-10-11-17(29-4)18(12-15)30-16-8-6-7-9-16/h10-12,14,16H,5-9,13H2,1-4H3,(H,24,25). The van der Waals surface area contributed by atoms with Crippen molar-refractivity contribution in [3.63, 3.8) is 0 Å². The summed E-state index contributed by atoms with van der Waals surface area (Å²) in [6, 6.07) is 5.84. The summed E-state index contributed by atoms with van der Waals surface area (Å²) in [6.45, 7) is 6.93. The van der Waals surface area contributed by atoms with Crippen LogP contribution in [0.5, 0.6) is 11.5 Å². The van der Waals surface area contributed by atoms with Crippen LogP contribution in [0.2, 0.25) is 0 Å². The highest BCUT2D eigenvalue weighted by Gasteiger charge is 2.20. The predicted octanol–water partition coefficient (Wildman–Crippen LogP) is 4.78. The Morgan fingerprint density at radius 2 is 1.97 bits per heavy atom. The van der Waals surface area contributed by atoms with Crippen molar-refractivity contribution in [2.24, 2.45) is 0 Å². The van der Waals surface area contributed by atoms with Gasteiger partial charge in [0.25, 0.3) is 0 Å². The molecule has 4 rings (SSSR count). The van der Waals surface area contributed by atoms with E-state index in [1.807, 2.05) is 25.1 Å². The summed E-state index contributed by atoms with van der Waals surface area (Å²) in [5.74, 6) is 2.46. The first-order chi connectivity index (χ1) is 14.9. The third-order valence-electron chi connectivity index (χ3n) is 5.91. The summed E-state index contributed by atoms with van der Waals surface area (Å²) in [5, 5.41) is 0. The van der Waals surface area contributed by atoms with Crippen LogP contribution in [0.1, 0.15) is 63.8 Å². The van der Waals surface area contributed by atoms with Crippen molar-refractivity contribution in [3.8, 4) is 11.5 Å². The zero-order valence-corrected chi connectivity index (χ0v) is 19.4. The van der Waals surface area contributed by atoms with Crippen LogP contribution in [0.3, 0.4) is 0 Å². The van der Waals surface area contributed by atoms with Crippen LogP contribution >= 0.6 is 12.2 Å². The molecule has 1 fully saturated rings. The topological polar surface area (TPSA) is 74.1 Å². The van der Waals surface area contributed by atoms with E-state index in [1.54, 1.807) is 16.2 Å². The van der Waals surface area contributed by atoms with E-state index < -0.39 is 0 Å². The molecule has 0 unspecified atom stereocenters. The van der Waals surface area contributed by atoms with E-state index in [2.05, 4.69) is 18.8 Å². The van der Waals surface area contributed by atoms with Crippen LogP contribution in [0, 0.1) is 4.64 Å². The predicted molar refractivity (Wildman–Crippen MR) is 124 cm³/mol. The minimum Gasteiger partial charge on any atom is -0.493 e. The maximum atomic E-state index is 13.3. The van der Waals surface area contributed by atoms with Crippen molar-refractivity contribution in [2.75, 3.05) is 7.11 Å². The summed E-state index contributed by atoms with van der Waals surface area (Å²) in [7, 11) is 1.65. The number of nitrogens with zero attached hydrogens (tertiary/aromatic N) is 3. The summed E-state index contributed by atoms with van der Waals surface area (Å²) in [5.41, 5.74) is 2.12. The number of hydrogen-bond donors (Lipinski definition) is 1. The highest BCUT2D eigenvalue weighted by Crippen LogP contribution is 2.32. The van der Waals surface area contributed by atoms with Gasteiger partial charge in [-0.3, -0.25) is 9.13 Å². The average Bonchev–Trinajstić information content (AvgIpc) is 3.42. The zero-order valence-electron chi connectivity index (χ0n) is 18.6. The lowest BCUT2D eigenvalue weighted by atomic mass is 10.2. The fourth-order valence-electron chi connectivity index (χ4n) is 4.16. The van der Waals surface area contributed by atoms with Gasteiger partial charge >= 0.3 is 5.69 Å². The van der Waals surface area contributed by atoms with Crippen LogP contribution in [-0.4, -0.2) is 32.3 Å². The molecule has 1 saturated carbocycles. The van der Waals surface area contributed by atoms with Gasteiger partial charge in [0.1, 0.15) is 16.0 Å². The summed E-state index contributed by atoms with van der Waals surface area (Å²) in [6.07, 6.45) is 4.74. The maximum Gasteiger partial charge on any atom is 0.331 e. The Kier molecular flexibility index (Phi) is 6.18. The second-order valence-corrected chi connectivity index (χ2v) is 8.79. The molecule has 0 aliphatic heterocycles. The quantitative estimate of drug-likeness (QED) is 0.533. The number of H-pyrrole nitrogens is 1. The Morgan fingerprint density at radius 3 is 2.61 bits per heavy atom. The van der Waals surface area contributed by atoms with Crippen LogP contribution in [-0.2, 0) is 13.1 Å². The highest BCUT2D eigenvalue weighted by atomic mass is 32.1. The first kappa shape index (κ1) is 21.6. The normalized spacial score (nSPS) is 14.6. The van der Waals surface area contributed by atoms with Crippen LogP contribution < -0.4 is 15.2 Å². The molecule has 1 N–H and O–H groups in total. The van der Waals surface area contributed by atoms with Gasteiger partial charge < -0.3 is 14.5 Å². The largest absolute Gasteiger partial charge is 0.493 e. The maximum absolute atomic E-state index is 13.3. The molecule has 0 saturated heterocycles. The van der Waals surface area contributed by atoms with Gasteiger partial charge in [-0.15, -0.1) is 0 Å². The molecule has 0 amide bonds. The molecular formula is C23H30N4O3S. The molecule has 31 heavy (non-hydrogen) atoms. The molecule has 166 valence electrons. The fraction of sp³-hybridized carbons (Fsp3) is 0.522. The number of benzene rings is 1. The Labute approximate surface area is 187 Å². The Balaban J connectivity index is 1.79. The number of methoxy groups -OCH3 is 1. The monoisotopic (exact) mass is 442 g/mol. The molecule has 0 spiro atoms. The molecule has 1 aliphatic rings. The lowest BCUT2D eigenvalue weighted by molar-refractivity contribution is 0.200. The Morgan fingerprint density at radius 1 is 1.23 bits per heavy atom. The van der Waals surface area contributed by atoms with Crippen molar-refractivity contribution >= 4 is 23.4 Å². The number of fused-ring (bicyclic) bond motifs is 1. The van der Waals surface area contributed by atoms with E-state index in [9.17, 15) is 4.79 Å². The van der Waals surface area contributed by atoms with Crippen LogP contribution in [0.4, 0.5) is 0 Å². The summed E-state index contributed by atoms with van der Waals surface area (Å²) in [4.78, 5) is 21.3. The fourth-order valence-corrected chi connectivity index (χ4v) is 4.51. The van der Waals surface area contributed by atoms with Crippen molar-refractivity contribution in [2.45, 2.75) is 71.6 Å². The van der Waals surface area contributed by atoms with Gasteiger partial charge in [-0.05, 0) is 50.3 Å².